The molecule has 0 bridgehead atoms. The van der Waals surface area contributed by atoms with Crippen LogP contribution in [0.15, 0.2) is 59.2 Å². The lowest BCUT2D eigenvalue weighted by Gasteiger charge is -2.32. The highest BCUT2D eigenvalue weighted by Gasteiger charge is 2.45. The van der Waals surface area contributed by atoms with E-state index in [4.69, 9.17) is 28.4 Å². The van der Waals surface area contributed by atoms with Crippen LogP contribution < -0.4 is 29.6 Å². The maximum atomic E-state index is 13.0. The first-order valence-electron chi connectivity index (χ1n) is 19.8. The number of ether oxygens (including phenoxy) is 6. The van der Waals surface area contributed by atoms with Crippen molar-refractivity contribution in [2.75, 3.05) is 88.0 Å². The van der Waals surface area contributed by atoms with Gasteiger partial charge in [0.1, 0.15) is 22.8 Å². The number of alkyl carbamates (subject to hydrolysis) is 2. The number of hydrogen-bond donors (Lipinski definition) is 2. The molecule has 2 aliphatic heterocycles. The molecule has 2 amide bonds. The van der Waals surface area contributed by atoms with Gasteiger partial charge in [0, 0.05) is 32.7 Å². The summed E-state index contributed by atoms with van der Waals surface area (Å²) < 4.78 is 31.2. The lowest BCUT2D eigenvalue weighted by Crippen LogP contribution is -2.43. The maximum Gasteiger partial charge on any atom is 0.411 e. The summed E-state index contributed by atoms with van der Waals surface area (Å²) >= 11 is 0. The van der Waals surface area contributed by atoms with Crippen molar-refractivity contribution in [2.24, 2.45) is 5.92 Å². The zero-order valence-corrected chi connectivity index (χ0v) is 35.7. The standard InChI is InChI=1S/C27H38N2O4.C16H20N4O6/c1-20(2)27(19-28,22-10-12-24(31-5)26(18-22)33-7)14-8-15-29(3)16-13-21-9-11-23(30-4)25(17-21)32-6;1-3-25-15(23)17-9-11(19-5-6-19)14(22)10(18-16(24)26-4-2)12(13(9)21)20-7-8-20/h9-12,17-18,20H,8,13-16H2,1-7H3;3-8H2,1-2H3,(H,17,23)(H,18,24)/t27-;/m1./s1. The Balaban J connectivity index is 0.000000267. The first-order valence-corrected chi connectivity index (χ1v) is 19.8. The lowest BCUT2D eigenvalue weighted by atomic mass is 9.69. The van der Waals surface area contributed by atoms with E-state index in [0.29, 0.717) is 37.7 Å². The summed E-state index contributed by atoms with van der Waals surface area (Å²) in [6.45, 7) is 11.9. The largest absolute Gasteiger partial charge is 0.493 e. The van der Waals surface area contributed by atoms with Crippen LogP contribution in [0.1, 0.15) is 51.7 Å². The fraction of sp³-hybridized carbons (Fsp3) is 0.512. The molecule has 2 N–H and O–H groups in total. The van der Waals surface area contributed by atoms with Crippen LogP contribution in [0.3, 0.4) is 0 Å². The van der Waals surface area contributed by atoms with Gasteiger partial charge in [0.05, 0.1) is 53.1 Å². The summed E-state index contributed by atoms with van der Waals surface area (Å²) in [5.41, 5.74) is 1.47. The zero-order chi connectivity index (χ0) is 43.3. The molecule has 59 heavy (non-hydrogen) atoms. The molecule has 0 spiro atoms. The smallest absolute Gasteiger partial charge is 0.411 e. The number of nitrogens with one attached hydrogen (secondary N) is 2. The van der Waals surface area contributed by atoms with E-state index in [2.05, 4.69) is 48.6 Å². The molecule has 3 aliphatic rings. The number of rotatable bonds is 19. The Kier molecular flexibility index (Phi) is 16.4. The number of nitrogens with zero attached hydrogens (tertiary/aromatic N) is 4. The number of ketones is 2. The third kappa shape index (κ3) is 11.4. The fourth-order valence-electron chi connectivity index (χ4n) is 6.83. The molecular formula is C43H58N6O10. The normalized spacial score (nSPS) is 15.5. The number of methoxy groups -OCH3 is 4. The molecule has 0 saturated carbocycles. The molecule has 0 unspecified atom stereocenters. The molecule has 16 heteroatoms. The van der Waals surface area contributed by atoms with Gasteiger partial charge in [-0.1, -0.05) is 26.0 Å². The molecule has 2 saturated heterocycles. The van der Waals surface area contributed by atoms with Gasteiger partial charge in [-0.15, -0.1) is 0 Å². The molecular weight excluding hydrogens is 761 g/mol. The second-order valence-corrected chi connectivity index (χ2v) is 14.4. The second kappa shape index (κ2) is 21.2. The quantitative estimate of drug-likeness (QED) is 0.146. The molecule has 0 radical (unpaired) electrons. The molecule has 16 nitrogen and oxygen atoms in total. The van der Waals surface area contributed by atoms with E-state index in [1.165, 1.54) is 5.56 Å². The van der Waals surface area contributed by atoms with Crippen molar-refractivity contribution < 1.29 is 47.6 Å². The van der Waals surface area contributed by atoms with Crippen molar-refractivity contribution in [2.45, 2.75) is 52.4 Å². The minimum atomic E-state index is -0.810. The molecule has 1 atom stereocenters. The Morgan fingerprint density at radius 2 is 1.24 bits per heavy atom. The van der Waals surface area contributed by atoms with Gasteiger partial charge in [-0.3, -0.25) is 20.2 Å². The van der Waals surface area contributed by atoms with Crippen LogP contribution in [0.5, 0.6) is 23.0 Å². The van der Waals surface area contributed by atoms with Gasteiger partial charge >= 0.3 is 12.2 Å². The van der Waals surface area contributed by atoms with Gasteiger partial charge in [-0.25, -0.2) is 9.59 Å². The van der Waals surface area contributed by atoms with Crippen molar-refractivity contribution in [1.82, 2.24) is 25.3 Å². The highest BCUT2D eigenvalue weighted by Crippen LogP contribution is 2.40. The minimum Gasteiger partial charge on any atom is -0.493 e. The number of carbonyl (C=O) groups is 4. The fourth-order valence-corrected chi connectivity index (χ4v) is 6.83. The van der Waals surface area contributed by atoms with Crippen LogP contribution in [-0.4, -0.2) is 126 Å². The Bertz CT molecular complexity index is 1890. The van der Waals surface area contributed by atoms with Crippen LogP contribution in [0.4, 0.5) is 9.59 Å². The monoisotopic (exact) mass is 818 g/mol. The number of amides is 2. The number of carbonyl (C=O) groups excluding carboxylic acids is 4. The molecule has 1 aliphatic carbocycles. The van der Waals surface area contributed by atoms with Crippen LogP contribution in [0.25, 0.3) is 0 Å². The topological polar surface area (TPSA) is 181 Å². The van der Waals surface area contributed by atoms with Crippen LogP contribution >= 0.6 is 0 Å². The summed E-state index contributed by atoms with van der Waals surface area (Å²) in [6, 6.07) is 14.5. The number of Topliss-reactive ketones (excluding diaryl/α,β-unsaturated/α-hetero) is 2. The Hall–Kier alpha value is -5.95. The molecule has 2 heterocycles. The molecule has 2 aromatic rings. The Morgan fingerprint density at radius 1 is 0.763 bits per heavy atom. The van der Waals surface area contributed by atoms with E-state index >= 15 is 0 Å². The van der Waals surface area contributed by atoms with Crippen LogP contribution in [0, 0.1) is 17.2 Å². The van der Waals surface area contributed by atoms with Gasteiger partial charge in [-0.2, -0.15) is 5.26 Å². The van der Waals surface area contributed by atoms with Crippen molar-refractivity contribution in [1.29, 1.82) is 5.26 Å². The first-order chi connectivity index (χ1) is 28.3. The van der Waals surface area contributed by atoms with Crippen LogP contribution in [0.2, 0.25) is 0 Å². The third-order valence-electron chi connectivity index (χ3n) is 10.3. The average molecular weight is 819 g/mol. The SMILES string of the molecule is CCOC(=O)NC1=C(N2CC2)C(=O)C(NC(=O)OCC)=C(N2CC2)C1=O.COc1ccc(CCN(C)CCC[C@](C#N)(c2ccc(OC)c(OC)c2)C(C)C)cc1OC. The van der Waals surface area contributed by atoms with Gasteiger partial charge < -0.3 is 43.1 Å². The lowest BCUT2D eigenvalue weighted by molar-refractivity contribution is -0.118. The number of likely N-dealkylation sites (N-methyl/N-ethyl adjacent to an activating group) is 1. The summed E-state index contributed by atoms with van der Waals surface area (Å²) in [7, 11) is 8.67. The first kappa shape index (κ1) is 45.7. The van der Waals surface area contributed by atoms with Gasteiger partial charge in [0.15, 0.2) is 23.0 Å². The van der Waals surface area contributed by atoms with Crippen molar-refractivity contribution in [3.05, 3.63) is 70.3 Å². The highest BCUT2D eigenvalue weighted by atomic mass is 16.6. The Morgan fingerprint density at radius 3 is 1.66 bits per heavy atom. The predicted molar refractivity (Wildman–Crippen MR) is 219 cm³/mol. The molecule has 2 aromatic carbocycles. The van der Waals surface area contributed by atoms with Crippen molar-refractivity contribution in [3.63, 3.8) is 0 Å². The van der Waals surface area contributed by atoms with E-state index in [1.54, 1.807) is 52.1 Å². The summed E-state index contributed by atoms with van der Waals surface area (Å²) in [4.78, 5) is 55.2. The molecule has 2 fully saturated rings. The zero-order valence-electron chi connectivity index (χ0n) is 35.7. The second-order valence-electron chi connectivity index (χ2n) is 14.4. The maximum absolute atomic E-state index is 13.0. The summed E-state index contributed by atoms with van der Waals surface area (Å²) in [5, 5.41) is 15.0. The number of nitriles is 1. The average Bonchev–Trinajstić information content (AvgIpc) is 4.17. The highest BCUT2D eigenvalue weighted by molar-refractivity contribution is 6.26. The molecule has 5 rings (SSSR count). The third-order valence-corrected chi connectivity index (χ3v) is 10.3. The summed E-state index contributed by atoms with van der Waals surface area (Å²) in [5.74, 6) is 1.91. The van der Waals surface area contributed by atoms with Crippen LogP contribution in [-0.2, 0) is 30.9 Å². The summed E-state index contributed by atoms with van der Waals surface area (Å²) in [6.07, 6.45) is 0.991. The van der Waals surface area contributed by atoms with E-state index < -0.39 is 29.2 Å². The molecule has 0 aromatic heterocycles. The van der Waals surface area contributed by atoms with Crippen molar-refractivity contribution >= 4 is 23.8 Å². The van der Waals surface area contributed by atoms with Crippen molar-refractivity contribution in [3.8, 4) is 29.1 Å². The Labute approximate surface area is 347 Å². The van der Waals surface area contributed by atoms with E-state index in [1.807, 2.05) is 30.3 Å². The van der Waals surface area contributed by atoms with Gasteiger partial charge in [0.2, 0.25) is 11.6 Å². The number of benzene rings is 2. The number of hydrogen-bond acceptors (Lipinski definition) is 14. The van der Waals surface area contributed by atoms with Gasteiger partial charge in [-0.05, 0) is 88.0 Å². The predicted octanol–water partition coefficient (Wildman–Crippen LogP) is 4.78. The van der Waals surface area contributed by atoms with E-state index in [9.17, 15) is 24.4 Å². The van der Waals surface area contributed by atoms with E-state index in [-0.39, 0.29) is 41.9 Å². The van der Waals surface area contributed by atoms with Gasteiger partial charge in [0.25, 0.3) is 0 Å². The van der Waals surface area contributed by atoms with E-state index in [0.717, 1.165) is 49.4 Å². The minimum absolute atomic E-state index is 0.0560. The molecule has 320 valence electrons.